The van der Waals surface area contributed by atoms with Crippen LogP contribution in [-0.2, 0) is 0 Å². The highest BCUT2D eigenvalue weighted by molar-refractivity contribution is 5.28. The van der Waals surface area contributed by atoms with E-state index in [0.717, 1.165) is 16.7 Å². The summed E-state index contributed by atoms with van der Waals surface area (Å²) >= 11 is 0. The molecule has 2 rings (SSSR count). The van der Waals surface area contributed by atoms with E-state index in [-0.39, 0.29) is 0 Å². The Balaban J connectivity index is 2.01. The third-order valence-electron chi connectivity index (χ3n) is 6.01. The molecule has 0 spiro atoms. The summed E-state index contributed by atoms with van der Waals surface area (Å²) in [5, 5.41) is 0. The van der Waals surface area contributed by atoms with Gasteiger partial charge in [-0.3, -0.25) is 0 Å². The van der Waals surface area contributed by atoms with Crippen LogP contribution in [0.25, 0.3) is 0 Å². The Labute approximate surface area is 89.5 Å². The summed E-state index contributed by atoms with van der Waals surface area (Å²) in [5.41, 5.74) is 2.19. The minimum Gasteiger partial charge on any atom is -0.0651 e. The second-order valence-electron chi connectivity index (χ2n) is 6.60. The van der Waals surface area contributed by atoms with Gasteiger partial charge in [0.2, 0.25) is 0 Å². The fraction of sp³-hybridized carbons (Fsp3) is 1.00. The SMILES string of the molecule is CCC(C)CC12CC(C)(CC)C1(C)C2. The molecule has 0 heterocycles. The topological polar surface area (TPSA) is 0 Å². The summed E-state index contributed by atoms with van der Waals surface area (Å²) in [6, 6.07) is 0. The van der Waals surface area contributed by atoms with Crippen LogP contribution >= 0.6 is 0 Å². The minimum atomic E-state index is 0.681. The first kappa shape index (κ1) is 10.5. The second kappa shape index (κ2) is 2.77. The summed E-state index contributed by atoms with van der Waals surface area (Å²) in [5.74, 6) is 0.943. The largest absolute Gasteiger partial charge is 0.0651 e. The number of hydrogen-bond donors (Lipinski definition) is 0. The molecule has 82 valence electrons. The van der Waals surface area contributed by atoms with Crippen LogP contribution in [-0.4, -0.2) is 0 Å². The van der Waals surface area contributed by atoms with Crippen molar-refractivity contribution in [3.63, 3.8) is 0 Å². The van der Waals surface area contributed by atoms with E-state index in [2.05, 4.69) is 34.6 Å². The highest BCUT2D eigenvalue weighted by Gasteiger charge is 2.79. The molecule has 0 heteroatoms. The molecule has 0 aliphatic heterocycles. The zero-order chi connectivity index (χ0) is 10.6. The van der Waals surface area contributed by atoms with E-state index < -0.39 is 0 Å². The van der Waals surface area contributed by atoms with E-state index >= 15 is 0 Å². The second-order valence-corrected chi connectivity index (χ2v) is 6.60. The van der Waals surface area contributed by atoms with Crippen LogP contribution in [0.1, 0.15) is 66.7 Å². The summed E-state index contributed by atoms with van der Waals surface area (Å²) < 4.78 is 0. The van der Waals surface area contributed by atoms with Gasteiger partial charge >= 0.3 is 0 Å². The molecule has 2 aliphatic carbocycles. The molecule has 0 radical (unpaired) electrons. The maximum atomic E-state index is 2.54. The van der Waals surface area contributed by atoms with E-state index in [1.807, 2.05) is 0 Å². The fourth-order valence-corrected chi connectivity index (χ4v) is 4.28. The molecule has 2 aliphatic rings. The third-order valence-corrected chi connectivity index (χ3v) is 6.01. The van der Waals surface area contributed by atoms with Crippen molar-refractivity contribution in [2.75, 3.05) is 0 Å². The summed E-state index contributed by atoms with van der Waals surface area (Å²) in [4.78, 5) is 0. The molecule has 0 bridgehead atoms. The maximum absolute atomic E-state index is 2.54. The lowest BCUT2D eigenvalue weighted by atomic mass is 9.52. The molecule has 0 saturated heterocycles. The van der Waals surface area contributed by atoms with Gasteiger partial charge in [-0.1, -0.05) is 47.5 Å². The molecule has 2 saturated carbocycles. The van der Waals surface area contributed by atoms with Gasteiger partial charge in [0.15, 0.2) is 0 Å². The predicted octanol–water partition coefficient (Wildman–Crippen LogP) is 4.64. The van der Waals surface area contributed by atoms with Crippen LogP contribution in [0, 0.1) is 22.2 Å². The first-order valence-corrected chi connectivity index (χ1v) is 6.43. The van der Waals surface area contributed by atoms with Crippen molar-refractivity contribution in [2.24, 2.45) is 22.2 Å². The lowest BCUT2D eigenvalue weighted by molar-refractivity contribution is -0.0303. The van der Waals surface area contributed by atoms with Gasteiger partial charge in [-0.25, -0.2) is 0 Å². The lowest BCUT2D eigenvalue weighted by Crippen LogP contribution is -2.44. The van der Waals surface area contributed by atoms with Crippen LogP contribution in [0.3, 0.4) is 0 Å². The fourth-order valence-electron chi connectivity index (χ4n) is 4.28. The van der Waals surface area contributed by atoms with E-state index in [1.165, 1.54) is 32.1 Å². The van der Waals surface area contributed by atoms with Gasteiger partial charge in [-0.15, -0.1) is 0 Å². The highest BCUT2D eigenvalue weighted by atomic mass is 14.8. The summed E-state index contributed by atoms with van der Waals surface area (Å²) in [6.07, 6.45) is 7.27. The molecular weight excluding hydrogens is 168 g/mol. The molecule has 0 nitrogen and oxygen atoms in total. The molecule has 0 aromatic rings. The van der Waals surface area contributed by atoms with Crippen molar-refractivity contribution < 1.29 is 0 Å². The monoisotopic (exact) mass is 194 g/mol. The van der Waals surface area contributed by atoms with E-state index in [4.69, 9.17) is 0 Å². The van der Waals surface area contributed by atoms with E-state index in [1.54, 1.807) is 0 Å². The minimum absolute atomic E-state index is 0.681. The Morgan fingerprint density at radius 2 is 1.79 bits per heavy atom. The molecule has 4 unspecified atom stereocenters. The first-order valence-electron chi connectivity index (χ1n) is 6.43. The molecule has 4 atom stereocenters. The van der Waals surface area contributed by atoms with E-state index in [9.17, 15) is 0 Å². The zero-order valence-electron chi connectivity index (χ0n) is 10.6. The number of rotatable bonds is 4. The van der Waals surface area contributed by atoms with E-state index in [0.29, 0.717) is 5.41 Å². The van der Waals surface area contributed by atoms with Crippen molar-refractivity contribution in [3.8, 4) is 0 Å². The van der Waals surface area contributed by atoms with Gasteiger partial charge in [-0.2, -0.15) is 0 Å². The molecule has 0 amide bonds. The lowest BCUT2D eigenvalue weighted by Gasteiger charge is -2.52. The van der Waals surface area contributed by atoms with Crippen LogP contribution in [0.5, 0.6) is 0 Å². The Hall–Kier alpha value is 0. The van der Waals surface area contributed by atoms with Gasteiger partial charge in [0.1, 0.15) is 0 Å². The molecule has 14 heavy (non-hydrogen) atoms. The third kappa shape index (κ3) is 1.01. The summed E-state index contributed by atoms with van der Waals surface area (Å²) in [7, 11) is 0. The molecule has 0 aromatic carbocycles. The van der Waals surface area contributed by atoms with Crippen molar-refractivity contribution >= 4 is 0 Å². The van der Waals surface area contributed by atoms with Gasteiger partial charge in [0.25, 0.3) is 0 Å². The van der Waals surface area contributed by atoms with Gasteiger partial charge < -0.3 is 0 Å². The normalized spacial score (nSPS) is 52.1. The average Bonchev–Trinajstić information content (AvgIpc) is 2.64. The maximum Gasteiger partial charge on any atom is -0.0209 e. The Morgan fingerprint density at radius 3 is 2.21 bits per heavy atom. The van der Waals surface area contributed by atoms with Gasteiger partial charge in [-0.05, 0) is 41.4 Å². The van der Waals surface area contributed by atoms with Gasteiger partial charge in [0.05, 0.1) is 0 Å². The average molecular weight is 194 g/mol. The predicted molar refractivity (Wildman–Crippen MR) is 62.2 cm³/mol. The first-order chi connectivity index (χ1) is 6.43. The standard InChI is InChI=1S/C14H26/c1-6-11(3)8-14-9-12(4,7-2)13(14,5)10-14/h11H,6-10H2,1-5H3. The van der Waals surface area contributed by atoms with Gasteiger partial charge in [0, 0.05) is 0 Å². The zero-order valence-corrected chi connectivity index (χ0v) is 10.6. The molecule has 0 aromatic heterocycles. The molecular formula is C14H26. The number of hydrogen-bond acceptors (Lipinski definition) is 0. The Morgan fingerprint density at radius 1 is 1.14 bits per heavy atom. The van der Waals surface area contributed by atoms with Crippen molar-refractivity contribution in [1.29, 1.82) is 0 Å². The molecule has 2 fully saturated rings. The van der Waals surface area contributed by atoms with Crippen molar-refractivity contribution in [3.05, 3.63) is 0 Å². The Bertz CT molecular complexity index is 240. The number of fused-ring (bicyclic) bond motifs is 1. The molecule has 0 N–H and O–H groups in total. The van der Waals surface area contributed by atoms with Crippen LogP contribution in [0.15, 0.2) is 0 Å². The highest BCUT2D eigenvalue weighted by Crippen LogP contribution is 2.87. The Kier molecular flexibility index (Phi) is 2.08. The smallest absolute Gasteiger partial charge is 0.0209 e. The van der Waals surface area contributed by atoms with Crippen LogP contribution in [0.4, 0.5) is 0 Å². The van der Waals surface area contributed by atoms with Crippen LogP contribution in [0.2, 0.25) is 0 Å². The van der Waals surface area contributed by atoms with Crippen molar-refractivity contribution in [1.82, 2.24) is 0 Å². The summed E-state index contributed by atoms with van der Waals surface area (Å²) in [6.45, 7) is 12.2. The van der Waals surface area contributed by atoms with Crippen LogP contribution < -0.4 is 0 Å². The van der Waals surface area contributed by atoms with Crippen molar-refractivity contribution in [2.45, 2.75) is 66.7 Å². The quantitative estimate of drug-likeness (QED) is 0.611.